The summed E-state index contributed by atoms with van der Waals surface area (Å²) in [4.78, 5) is 4.18. The first-order valence-electron chi connectivity index (χ1n) is 8.91. The Hall–Kier alpha value is -1.60. The molecule has 1 unspecified atom stereocenters. The highest BCUT2D eigenvalue weighted by molar-refractivity contribution is 7.89. The van der Waals surface area contributed by atoms with Gasteiger partial charge in [-0.15, -0.1) is 0 Å². The van der Waals surface area contributed by atoms with E-state index in [0.717, 1.165) is 12.0 Å². The van der Waals surface area contributed by atoms with Crippen LogP contribution in [0, 0.1) is 0 Å². The number of benzene rings is 1. The average Bonchev–Trinajstić information content (AvgIpc) is 2.61. The second-order valence-corrected chi connectivity index (χ2v) is 7.95. The largest absolute Gasteiger partial charge is 0.355 e. The van der Waals surface area contributed by atoms with Gasteiger partial charge in [-0.25, -0.2) is 12.7 Å². The van der Waals surface area contributed by atoms with Crippen molar-refractivity contribution in [2.45, 2.75) is 40.2 Å². The fourth-order valence-electron chi connectivity index (χ4n) is 2.57. The molecule has 142 valence electrons. The Bertz CT molecular complexity index is 638. The van der Waals surface area contributed by atoms with Gasteiger partial charge in [-0.3, -0.25) is 4.99 Å². The molecule has 1 atom stereocenters. The predicted octanol–water partition coefficient (Wildman–Crippen LogP) is 2.15. The molecule has 0 heterocycles. The molecule has 2 N–H and O–H groups in total. The Morgan fingerprint density at radius 2 is 1.76 bits per heavy atom. The van der Waals surface area contributed by atoms with E-state index >= 15 is 0 Å². The molecule has 0 amide bonds. The van der Waals surface area contributed by atoms with Gasteiger partial charge in [0, 0.05) is 26.7 Å². The third kappa shape index (κ3) is 6.66. The predicted molar refractivity (Wildman–Crippen MR) is 105 cm³/mol. The molecule has 0 saturated carbocycles. The normalized spacial score (nSPS) is 13.8. The third-order valence-electron chi connectivity index (χ3n) is 4.22. The lowest BCUT2D eigenvalue weighted by molar-refractivity contribution is 0.445. The first-order chi connectivity index (χ1) is 11.9. The maximum atomic E-state index is 12.2. The SMILES string of the molecule is CCc1ccc(C(C)NC(=NC)NCCS(=O)(=O)N(CC)CC)cc1. The Morgan fingerprint density at radius 3 is 2.24 bits per heavy atom. The summed E-state index contributed by atoms with van der Waals surface area (Å²) in [7, 11) is -1.54. The van der Waals surface area contributed by atoms with Gasteiger partial charge in [-0.2, -0.15) is 0 Å². The van der Waals surface area contributed by atoms with Crippen LogP contribution in [0.15, 0.2) is 29.3 Å². The standard InChI is InChI=1S/C18H32N4O2S/c1-6-16-9-11-17(12-10-16)15(4)21-18(19-5)20-13-14-25(23,24)22(7-2)8-3/h9-12,15H,6-8,13-14H2,1-5H3,(H2,19,20,21). The molecule has 0 saturated heterocycles. The van der Waals surface area contributed by atoms with Crippen molar-refractivity contribution in [2.75, 3.05) is 32.4 Å². The summed E-state index contributed by atoms with van der Waals surface area (Å²) in [6.45, 7) is 9.20. The number of nitrogens with zero attached hydrogens (tertiary/aromatic N) is 2. The summed E-state index contributed by atoms with van der Waals surface area (Å²) in [6, 6.07) is 8.54. The quantitative estimate of drug-likeness (QED) is 0.517. The summed E-state index contributed by atoms with van der Waals surface area (Å²) in [5, 5.41) is 6.38. The molecule has 0 radical (unpaired) electrons. The molecule has 1 aromatic rings. The van der Waals surface area contributed by atoms with E-state index in [9.17, 15) is 8.42 Å². The zero-order chi connectivity index (χ0) is 18.9. The minimum absolute atomic E-state index is 0.0506. The average molecular weight is 369 g/mol. The Balaban J connectivity index is 2.56. The highest BCUT2D eigenvalue weighted by Gasteiger charge is 2.18. The third-order valence-corrected chi connectivity index (χ3v) is 6.24. The van der Waals surface area contributed by atoms with E-state index in [4.69, 9.17) is 0 Å². The van der Waals surface area contributed by atoms with Gasteiger partial charge in [0.15, 0.2) is 5.96 Å². The van der Waals surface area contributed by atoms with Crippen molar-refractivity contribution >= 4 is 16.0 Å². The molecule has 0 spiro atoms. The van der Waals surface area contributed by atoms with Crippen LogP contribution in [-0.2, 0) is 16.4 Å². The summed E-state index contributed by atoms with van der Waals surface area (Å²) in [6.07, 6.45) is 1.02. The van der Waals surface area contributed by atoms with Gasteiger partial charge in [0.2, 0.25) is 10.0 Å². The summed E-state index contributed by atoms with van der Waals surface area (Å²) >= 11 is 0. The first-order valence-corrected chi connectivity index (χ1v) is 10.5. The molecule has 25 heavy (non-hydrogen) atoms. The second kappa shape index (κ2) is 10.4. The van der Waals surface area contributed by atoms with Gasteiger partial charge >= 0.3 is 0 Å². The van der Waals surface area contributed by atoms with Crippen molar-refractivity contribution in [1.29, 1.82) is 0 Å². The van der Waals surface area contributed by atoms with Crippen LogP contribution in [0.25, 0.3) is 0 Å². The second-order valence-electron chi connectivity index (χ2n) is 5.86. The van der Waals surface area contributed by atoms with Crippen LogP contribution in [0.4, 0.5) is 0 Å². The lowest BCUT2D eigenvalue weighted by Gasteiger charge is -2.20. The zero-order valence-corrected chi connectivity index (χ0v) is 16.9. The number of nitrogens with one attached hydrogen (secondary N) is 2. The number of aliphatic imine (C=N–C) groups is 1. The van der Waals surface area contributed by atoms with E-state index in [-0.39, 0.29) is 11.8 Å². The fourth-order valence-corrected chi connectivity index (χ4v) is 3.97. The van der Waals surface area contributed by atoms with Crippen molar-refractivity contribution in [1.82, 2.24) is 14.9 Å². The molecule has 7 heteroatoms. The van der Waals surface area contributed by atoms with Gasteiger partial charge < -0.3 is 10.6 Å². The van der Waals surface area contributed by atoms with E-state index in [1.54, 1.807) is 7.05 Å². The van der Waals surface area contributed by atoms with Gasteiger partial charge in [-0.1, -0.05) is 45.0 Å². The van der Waals surface area contributed by atoms with Crippen molar-refractivity contribution in [3.63, 3.8) is 0 Å². The highest BCUT2D eigenvalue weighted by atomic mass is 32.2. The summed E-state index contributed by atoms with van der Waals surface area (Å²) in [5.41, 5.74) is 2.47. The Morgan fingerprint density at radius 1 is 1.16 bits per heavy atom. The van der Waals surface area contributed by atoms with Gasteiger partial charge in [0.25, 0.3) is 0 Å². The van der Waals surface area contributed by atoms with Gasteiger partial charge in [-0.05, 0) is 24.5 Å². The van der Waals surface area contributed by atoms with Crippen LogP contribution >= 0.6 is 0 Å². The number of guanidine groups is 1. The molecule has 1 aromatic carbocycles. The number of rotatable bonds is 9. The van der Waals surface area contributed by atoms with Crippen LogP contribution < -0.4 is 10.6 Å². The smallest absolute Gasteiger partial charge is 0.215 e. The molecular formula is C18H32N4O2S. The fraction of sp³-hybridized carbons (Fsp3) is 0.611. The molecule has 0 aromatic heterocycles. The summed E-state index contributed by atoms with van der Waals surface area (Å²) < 4.78 is 25.9. The molecule has 0 bridgehead atoms. The zero-order valence-electron chi connectivity index (χ0n) is 16.0. The van der Waals surface area contributed by atoms with Crippen LogP contribution in [0.1, 0.15) is 44.9 Å². The van der Waals surface area contributed by atoms with Crippen LogP contribution in [-0.4, -0.2) is 51.1 Å². The minimum Gasteiger partial charge on any atom is -0.355 e. The molecule has 1 rings (SSSR count). The van der Waals surface area contributed by atoms with Crippen LogP contribution in [0.3, 0.4) is 0 Å². The molecule has 0 aliphatic heterocycles. The first kappa shape index (κ1) is 21.4. The number of hydrogen-bond donors (Lipinski definition) is 2. The topological polar surface area (TPSA) is 73.8 Å². The van der Waals surface area contributed by atoms with Crippen molar-refractivity contribution in [3.05, 3.63) is 35.4 Å². The van der Waals surface area contributed by atoms with Crippen molar-refractivity contribution in [2.24, 2.45) is 4.99 Å². The number of hydrogen-bond acceptors (Lipinski definition) is 3. The van der Waals surface area contributed by atoms with Crippen molar-refractivity contribution < 1.29 is 8.42 Å². The lowest BCUT2D eigenvalue weighted by Crippen LogP contribution is -2.42. The van der Waals surface area contributed by atoms with E-state index < -0.39 is 10.0 Å². The minimum atomic E-state index is -3.23. The monoisotopic (exact) mass is 368 g/mol. The maximum Gasteiger partial charge on any atom is 0.215 e. The van der Waals surface area contributed by atoms with E-state index in [0.29, 0.717) is 25.6 Å². The van der Waals surface area contributed by atoms with Crippen LogP contribution in [0.5, 0.6) is 0 Å². The van der Waals surface area contributed by atoms with Gasteiger partial charge in [0.05, 0.1) is 11.8 Å². The molecular weight excluding hydrogens is 336 g/mol. The lowest BCUT2D eigenvalue weighted by atomic mass is 10.1. The number of aryl methyl sites for hydroxylation is 1. The highest BCUT2D eigenvalue weighted by Crippen LogP contribution is 2.13. The molecule has 0 aliphatic carbocycles. The Labute approximate surface area is 152 Å². The molecule has 6 nitrogen and oxygen atoms in total. The van der Waals surface area contributed by atoms with E-state index in [1.165, 1.54) is 9.87 Å². The van der Waals surface area contributed by atoms with E-state index in [2.05, 4.69) is 53.7 Å². The maximum absolute atomic E-state index is 12.2. The summed E-state index contributed by atoms with van der Waals surface area (Å²) in [5.74, 6) is 0.649. The number of sulfonamides is 1. The molecule has 0 fully saturated rings. The Kier molecular flexibility index (Phi) is 8.92. The van der Waals surface area contributed by atoms with Crippen molar-refractivity contribution in [3.8, 4) is 0 Å². The van der Waals surface area contributed by atoms with E-state index in [1.807, 2.05) is 13.8 Å². The molecule has 0 aliphatic rings. The van der Waals surface area contributed by atoms with Gasteiger partial charge in [0.1, 0.15) is 0 Å². The van der Waals surface area contributed by atoms with Crippen LogP contribution in [0.2, 0.25) is 0 Å².